The Bertz CT molecular complexity index is 441. The molecule has 0 saturated carbocycles. The van der Waals surface area contributed by atoms with Gasteiger partial charge < -0.3 is 19.4 Å². The van der Waals surface area contributed by atoms with Crippen molar-refractivity contribution in [1.29, 1.82) is 0 Å². The molecule has 6 nitrogen and oxygen atoms in total. The van der Waals surface area contributed by atoms with Gasteiger partial charge in [-0.15, -0.1) is 0 Å². The van der Waals surface area contributed by atoms with Crippen LogP contribution in [-0.4, -0.2) is 85.0 Å². The van der Waals surface area contributed by atoms with Crippen molar-refractivity contribution in [3.8, 4) is 0 Å². The van der Waals surface area contributed by atoms with E-state index in [2.05, 4.69) is 16.8 Å². The van der Waals surface area contributed by atoms with Crippen molar-refractivity contribution < 1.29 is 14.3 Å². The normalized spacial score (nSPS) is 25.3. The van der Waals surface area contributed by atoms with Gasteiger partial charge in [0.25, 0.3) is 0 Å². The lowest BCUT2D eigenvalue weighted by Gasteiger charge is -2.40. The molecule has 0 unspecified atom stereocenters. The number of carbonyl (C=O) groups excluding carboxylic acids is 2. The topological polar surface area (TPSA) is 53.1 Å². The average molecular weight is 337 g/mol. The van der Waals surface area contributed by atoms with Crippen molar-refractivity contribution in [2.45, 2.75) is 57.1 Å². The molecular formula is C18H31N3O3. The molecule has 3 aliphatic rings. The van der Waals surface area contributed by atoms with E-state index in [0.717, 1.165) is 71.2 Å². The van der Waals surface area contributed by atoms with E-state index in [0.29, 0.717) is 18.4 Å². The maximum Gasteiger partial charge on any atom is 0.248 e. The van der Waals surface area contributed by atoms with Gasteiger partial charge in [-0.05, 0) is 45.6 Å². The number of hydrogen-bond donors (Lipinski definition) is 0. The number of rotatable bonds is 4. The van der Waals surface area contributed by atoms with Gasteiger partial charge in [0.05, 0.1) is 6.10 Å². The van der Waals surface area contributed by atoms with E-state index in [-0.39, 0.29) is 18.6 Å². The number of likely N-dealkylation sites (tertiary alicyclic amines) is 3. The summed E-state index contributed by atoms with van der Waals surface area (Å²) in [5.41, 5.74) is 0. The highest BCUT2D eigenvalue weighted by Crippen LogP contribution is 2.22. The van der Waals surface area contributed by atoms with Crippen molar-refractivity contribution >= 4 is 11.8 Å². The van der Waals surface area contributed by atoms with Crippen molar-refractivity contribution in [3.05, 3.63) is 0 Å². The third-order valence-electron chi connectivity index (χ3n) is 5.73. The van der Waals surface area contributed by atoms with Crippen LogP contribution in [0.1, 0.15) is 44.9 Å². The van der Waals surface area contributed by atoms with Crippen LogP contribution >= 0.6 is 0 Å². The molecule has 0 aromatic carbocycles. The fourth-order valence-electron chi connectivity index (χ4n) is 4.07. The van der Waals surface area contributed by atoms with Crippen LogP contribution in [-0.2, 0) is 14.3 Å². The minimum Gasteiger partial charge on any atom is -0.368 e. The van der Waals surface area contributed by atoms with Gasteiger partial charge in [-0.1, -0.05) is 0 Å². The molecule has 3 saturated heterocycles. The lowest BCUT2D eigenvalue weighted by Crippen LogP contribution is -2.50. The van der Waals surface area contributed by atoms with E-state index in [1.54, 1.807) is 0 Å². The van der Waals surface area contributed by atoms with E-state index in [1.807, 2.05) is 4.90 Å². The smallest absolute Gasteiger partial charge is 0.248 e. The van der Waals surface area contributed by atoms with Crippen LogP contribution in [0.5, 0.6) is 0 Å². The first-order chi connectivity index (χ1) is 11.6. The minimum absolute atomic E-state index is 0.109. The molecule has 136 valence electrons. The maximum absolute atomic E-state index is 12.4. The number of piperidine rings is 3. The molecule has 0 atom stereocenters. The molecular weight excluding hydrogens is 306 g/mol. The number of carbonyl (C=O) groups is 2. The first-order valence-electron chi connectivity index (χ1n) is 9.51. The molecule has 2 amide bonds. The number of amides is 2. The fourth-order valence-corrected chi connectivity index (χ4v) is 4.07. The Morgan fingerprint density at radius 3 is 2.42 bits per heavy atom. The second-order valence-corrected chi connectivity index (χ2v) is 7.47. The summed E-state index contributed by atoms with van der Waals surface area (Å²) in [5, 5.41) is 0. The Labute approximate surface area is 145 Å². The lowest BCUT2D eigenvalue weighted by molar-refractivity contribution is -0.142. The molecule has 6 heteroatoms. The first-order valence-corrected chi connectivity index (χ1v) is 9.51. The van der Waals surface area contributed by atoms with Gasteiger partial charge in [-0.3, -0.25) is 9.59 Å². The summed E-state index contributed by atoms with van der Waals surface area (Å²) in [5.74, 6) is 0.411. The zero-order valence-corrected chi connectivity index (χ0v) is 14.9. The van der Waals surface area contributed by atoms with Crippen LogP contribution in [0.4, 0.5) is 0 Å². The second kappa shape index (κ2) is 8.30. The predicted octanol–water partition coefficient (Wildman–Crippen LogP) is 1.10. The van der Waals surface area contributed by atoms with Crippen LogP contribution in [0.25, 0.3) is 0 Å². The molecule has 3 fully saturated rings. The summed E-state index contributed by atoms with van der Waals surface area (Å²) in [6, 6.07) is 0.330. The summed E-state index contributed by atoms with van der Waals surface area (Å²) in [6.07, 6.45) is 6.93. The molecule has 3 rings (SSSR count). The van der Waals surface area contributed by atoms with E-state index in [4.69, 9.17) is 4.74 Å². The molecule has 0 N–H and O–H groups in total. The summed E-state index contributed by atoms with van der Waals surface area (Å²) in [7, 11) is 2.12. The van der Waals surface area contributed by atoms with Gasteiger partial charge in [0.15, 0.2) is 0 Å². The van der Waals surface area contributed by atoms with Crippen molar-refractivity contribution in [3.63, 3.8) is 0 Å². The van der Waals surface area contributed by atoms with Gasteiger partial charge in [0, 0.05) is 45.2 Å². The maximum atomic E-state index is 12.4. The van der Waals surface area contributed by atoms with Crippen LogP contribution in [0.15, 0.2) is 0 Å². The Morgan fingerprint density at radius 2 is 1.75 bits per heavy atom. The van der Waals surface area contributed by atoms with Crippen LogP contribution in [0.2, 0.25) is 0 Å². The molecule has 3 aliphatic heterocycles. The van der Waals surface area contributed by atoms with Gasteiger partial charge in [0.1, 0.15) is 6.61 Å². The molecule has 0 bridgehead atoms. The summed E-state index contributed by atoms with van der Waals surface area (Å²) >= 11 is 0. The molecule has 0 aliphatic carbocycles. The molecule has 24 heavy (non-hydrogen) atoms. The van der Waals surface area contributed by atoms with E-state index in [1.165, 1.54) is 0 Å². The van der Waals surface area contributed by atoms with Crippen molar-refractivity contribution in [2.24, 2.45) is 0 Å². The Kier molecular flexibility index (Phi) is 6.11. The molecule has 0 spiro atoms. The highest BCUT2D eigenvalue weighted by atomic mass is 16.5. The van der Waals surface area contributed by atoms with Gasteiger partial charge in [-0.25, -0.2) is 0 Å². The largest absolute Gasteiger partial charge is 0.368 e. The SMILES string of the molecule is CN1CCC(OCC(=O)N2CCC(N3CCCCC3=O)CC2)CC1. The Hall–Kier alpha value is -1.14. The molecule has 3 heterocycles. The predicted molar refractivity (Wildman–Crippen MR) is 91.6 cm³/mol. The zero-order valence-electron chi connectivity index (χ0n) is 14.9. The quantitative estimate of drug-likeness (QED) is 0.771. The van der Waals surface area contributed by atoms with Gasteiger partial charge in [0.2, 0.25) is 11.8 Å². The number of nitrogens with zero attached hydrogens (tertiary/aromatic N) is 3. The number of hydrogen-bond acceptors (Lipinski definition) is 4. The molecule has 0 radical (unpaired) electrons. The highest BCUT2D eigenvalue weighted by molar-refractivity contribution is 5.78. The van der Waals surface area contributed by atoms with Crippen LogP contribution < -0.4 is 0 Å². The third kappa shape index (κ3) is 4.48. The molecule has 0 aromatic rings. The third-order valence-corrected chi connectivity index (χ3v) is 5.73. The van der Waals surface area contributed by atoms with Gasteiger partial charge >= 0.3 is 0 Å². The Morgan fingerprint density at radius 1 is 1.04 bits per heavy atom. The van der Waals surface area contributed by atoms with E-state index >= 15 is 0 Å². The average Bonchev–Trinajstić information content (AvgIpc) is 2.61. The van der Waals surface area contributed by atoms with Crippen LogP contribution in [0, 0.1) is 0 Å². The van der Waals surface area contributed by atoms with Gasteiger partial charge in [-0.2, -0.15) is 0 Å². The minimum atomic E-state index is 0.109. The molecule has 0 aromatic heterocycles. The Balaban J connectivity index is 1.38. The van der Waals surface area contributed by atoms with E-state index < -0.39 is 0 Å². The van der Waals surface area contributed by atoms with E-state index in [9.17, 15) is 9.59 Å². The number of ether oxygens (including phenoxy) is 1. The van der Waals surface area contributed by atoms with Crippen molar-refractivity contribution in [2.75, 3.05) is 46.4 Å². The lowest BCUT2D eigenvalue weighted by atomic mass is 9.99. The summed E-state index contributed by atoms with van der Waals surface area (Å²) in [4.78, 5) is 30.7. The fraction of sp³-hybridized carbons (Fsp3) is 0.889. The first kappa shape index (κ1) is 17.7. The van der Waals surface area contributed by atoms with Crippen LogP contribution in [0.3, 0.4) is 0 Å². The monoisotopic (exact) mass is 337 g/mol. The van der Waals surface area contributed by atoms with Crippen molar-refractivity contribution in [1.82, 2.24) is 14.7 Å². The second-order valence-electron chi connectivity index (χ2n) is 7.47. The summed E-state index contributed by atoms with van der Waals surface area (Å²) in [6.45, 7) is 4.72. The standard InChI is InChI=1S/C18H31N3O3/c1-19-10-7-16(8-11-19)24-14-18(23)20-12-5-15(6-13-20)21-9-3-2-4-17(21)22/h15-16H,2-14H2,1H3. The summed E-state index contributed by atoms with van der Waals surface area (Å²) < 4.78 is 5.82. The zero-order chi connectivity index (χ0) is 16.9. The highest BCUT2D eigenvalue weighted by Gasteiger charge is 2.31.